The molecule has 1 heterocycles. The quantitative estimate of drug-likeness (QED) is 0.539. The highest BCUT2D eigenvalue weighted by Gasteiger charge is 2.17. The number of ether oxygens (including phenoxy) is 1. The summed E-state index contributed by atoms with van der Waals surface area (Å²) in [7, 11) is 0. The summed E-state index contributed by atoms with van der Waals surface area (Å²) in [4.78, 5) is 24.3. The Bertz CT molecular complexity index is 1000. The molecule has 7 nitrogen and oxygen atoms in total. The molecule has 0 spiro atoms. The van der Waals surface area contributed by atoms with Gasteiger partial charge in [0.15, 0.2) is 5.82 Å². The Morgan fingerprint density at radius 2 is 1.67 bits per heavy atom. The molecule has 0 bridgehead atoms. The first-order chi connectivity index (χ1) is 14.4. The summed E-state index contributed by atoms with van der Waals surface area (Å²) in [6.07, 6.45) is 0. The highest BCUT2D eigenvalue weighted by molar-refractivity contribution is 8.01. The molecule has 0 aliphatic heterocycles. The van der Waals surface area contributed by atoms with Gasteiger partial charge in [-0.25, -0.2) is 0 Å². The number of amides is 2. The van der Waals surface area contributed by atoms with E-state index in [1.54, 1.807) is 44.2 Å². The smallest absolute Gasteiger partial charge is 0.238 e. The maximum Gasteiger partial charge on any atom is 0.238 e. The van der Waals surface area contributed by atoms with E-state index in [9.17, 15) is 9.59 Å². The Kier molecular flexibility index (Phi) is 7.13. The second-order valence-electron chi connectivity index (χ2n) is 6.75. The van der Waals surface area contributed by atoms with Crippen molar-refractivity contribution >= 4 is 35.1 Å². The van der Waals surface area contributed by atoms with Gasteiger partial charge < -0.3 is 19.9 Å². The number of benzene rings is 2. The molecule has 8 heteroatoms. The van der Waals surface area contributed by atoms with E-state index in [2.05, 4.69) is 15.8 Å². The van der Waals surface area contributed by atoms with Crippen LogP contribution in [0.5, 0.6) is 11.5 Å². The summed E-state index contributed by atoms with van der Waals surface area (Å²) in [6, 6.07) is 16.5. The average Bonchev–Trinajstić information content (AvgIpc) is 3.14. The highest BCUT2D eigenvalue weighted by Crippen LogP contribution is 2.23. The second-order valence-corrected chi connectivity index (χ2v) is 8.08. The van der Waals surface area contributed by atoms with E-state index in [-0.39, 0.29) is 17.6 Å². The van der Waals surface area contributed by atoms with Crippen LogP contribution in [0.3, 0.4) is 0 Å². The molecule has 1 unspecified atom stereocenters. The van der Waals surface area contributed by atoms with Crippen LogP contribution in [0.4, 0.5) is 11.5 Å². The van der Waals surface area contributed by atoms with Crippen molar-refractivity contribution in [2.75, 3.05) is 16.4 Å². The lowest BCUT2D eigenvalue weighted by atomic mass is 10.2. The number of nitrogens with one attached hydrogen (secondary N) is 2. The predicted octanol–water partition coefficient (Wildman–Crippen LogP) is 4.78. The second kappa shape index (κ2) is 9.98. The maximum absolute atomic E-state index is 12.2. The fourth-order valence-corrected chi connectivity index (χ4v) is 3.16. The van der Waals surface area contributed by atoms with E-state index >= 15 is 0 Å². The van der Waals surface area contributed by atoms with Gasteiger partial charge in [-0.1, -0.05) is 22.9 Å². The third-order valence-corrected chi connectivity index (χ3v) is 5.25. The van der Waals surface area contributed by atoms with Crippen molar-refractivity contribution in [3.8, 4) is 11.5 Å². The van der Waals surface area contributed by atoms with Crippen molar-refractivity contribution in [3.63, 3.8) is 0 Å². The summed E-state index contributed by atoms with van der Waals surface area (Å²) in [5.41, 5.74) is 1.82. The Balaban J connectivity index is 1.43. The Hall–Kier alpha value is -3.26. The van der Waals surface area contributed by atoms with Crippen LogP contribution in [0.15, 0.2) is 59.1 Å². The Morgan fingerprint density at radius 1 is 1.03 bits per heavy atom. The lowest BCUT2D eigenvalue weighted by molar-refractivity contribution is -0.115. The number of thioether (sulfide) groups is 1. The van der Waals surface area contributed by atoms with Gasteiger partial charge in [0.25, 0.3) is 0 Å². The standard InChI is InChI=1S/C22H23N3O4S/c1-14-4-8-18(9-5-14)28-19-10-6-17(7-11-19)23-21(26)13-30-16(3)22(27)24-20-12-15(2)29-25-20/h4-12,16H,13H2,1-3H3,(H,23,26)(H,24,25,27). The zero-order valence-electron chi connectivity index (χ0n) is 17.0. The van der Waals surface area contributed by atoms with Crippen LogP contribution in [-0.4, -0.2) is 28.0 Å². The fourth-order valence-electron chi connectivity index (χ4n) is 2.48. The minimum Gasteiger partial charge on any atom is -0.457 e. The minimum atomic E-state index is -0.418. The molecule has 3 aromatic rings. The van der Waals surface area contributed by atoms with E-state index < -0.39 is 5.25 Å². The maximum atomic E-state index is 12.2. The average molecular weight is 426 g/mol. The summed E-state index contributed by atoms with van der Waals surface area (Å²) < 4.78 is 10.7. The SMILES string of the molecule is Cc1ccc(Oc2ccc(NC(=O)CSC(C)C(=O)Nc3cc(C)on3)cc2)cc1. The number of hydrogen-bond acceptors (Lipinski definition) is 6. The third-order valence-electron chi connectivity index (χ3n) is 4.11. The Labute approximate surface area is 179 Å². The van der Waals surface area contributed by atoms with Crippen LogP contribution in [0.2, 0.25) is 0 Å². The van der Waals surface area contributed by atoms with Crippen LogP contribution in [-0.2, 0) is 9.59 Å². The van der Waals surface area contributed by atoms with Crippen LogP contribution in [0.1, 0.15) is 18.2 Å². The molecule has 0 radical (unpaired) electrons. The van der Waals surface area contributed by atoms with E-state index in [0.717, 1.165) is 5.75 Å². The van der Waals surface area contributed by atoms with Gasteiger partial charge in [-0.15, -0.1) is 11.8 Å². The normalized spacial score (nSPS) is 11.6. The van der Waals surface area contributed by atoms with Gasteiger partial charge in [0.05, 0.1) is 11.0 Å². The Morgan fingerprint density at radius 3 is 2.27 bits per heavy atom. The summed E-state index contributed by atoms with van der Waals surface area (Å²) in [5, 5.41) is 8.77. The number of carbonyl (C=O) groups excluding carboxylic acids is 2. The lowest BCUT2D eigenvalue weighted by Gasteiger charge is -2.11. The largest absolute Gasteiger partial charge is 0.457 e. The molecule has 0 aliphatic rings. The number of anilines is 2. The first-order valence-corrected chi connectivity index (χ1v) is 10.4. The van der Waals surface area contributed by atoms with Gasteiger partial charge in [0.1, 0.15) is 17.3 Å². The lowest BCUT2D eigenvalue weighted by Crippen LogP contribution is -2.25. The molecule has 0 fully saturated rings. The van der Waals surface area contributed by atoms with Crippen LogP contribution in [0, 0.1) is 13.8 Å². The van der Waals surface area contributed by atoms with Crippen molar-refractivity contribution in [1.82, 2.24) is 5.16 Å². The summed E-state index contributed by atoms with van der Waals surface area (Å²) in [6.45, 7) is 5.49. The zero-order chi connectivity index (χ0) is 21.5. The van der Waals surface area contributed by atoms with Gasteiger partial charge >= 0.3 is 0 Å². The van der Waals surface area contributed by atoms with Gasteiger partial charge in [-0.05, 0) is 57.2 Å². The summed E-state index contributed by atoms with van der Waals surface area (Å²) in [5.74, 6) is 2.13. The fraction of sp³-hybridized carbons (Fsp3) is 0.227. The molecule has 0 saturated carbocycles. The van der Waals surface area contributed by atoms with Crippen LogP contribution >= 0.6 is 11.8 Å². The number of rotatable bonds is 8. The van der Waals surface area contributed by atoms with Crippen molar-refractivity contribution in [2.24, 2.45) is 0 Å². The van der Waals surface area contributed by atoms with E-state index in [0.29, 0.717) is 23.0 Å². The molecule has 0 aliphatic carbocycles. The first-order valence-electron chi connectivity index (χ1n) is 9.39. The highest BCUT2D eigenvalue weighted by atomic mass is 32.2. The van der Waals surface area contributed by atoms with Crippen molar-refractivity contribution < 1.29 is 18.8 Å². The molecule has 3 rings (SSSR count). The molecule has 156 valence electrons. The molecule has 1 aromatic heterocycles. The molecular weight excluding hydrogens is 402 g/mol. The van der Waals surface area contributed by atoms with Crippen LogP contribution in [0.25, 0.3) is 0 Å². The van der Waals surface area contributed by atoms with Gasteiger partial charge in [-0.2, -0.15) is 0 Å². The first kappa shape index (κ1) is 21.4. The zero-order valence-corrected chi connectivity index (χ0v) is 17.8. The van der Waals surface area contributed by atoms with E-state index in [1.165, 1.54) is 17.3 Å². The monoisotopic (exact) mass is 425 g/mol. The molecule has 2 N–H and O–H groups in total. The van der Waals surface area contributed by atoms with Crippen molar-refractivity contribution in [1.29, 1.82) is 0 Å². The number of nitrogens with zero attached hydrogens (tertiary/aromatic N) is 1. The number of aryl methyl sites for hydroxylation is 2. The number of hydrogen-bond donors (Lipinski definition) is 2. The third kappa shape index (κ3) is 6.38. The van der Waals surface area contributed by atoms with Gasteiger partial charge in [-0.3, -0.25) is 9.59 Å². The van der Waals surface area contributed by atoms with Crippen LogP contribution < -0.4 is 15.4 Å². The van der Waals surface area contributed by atoms with Gasteiger partial charge in [0, 0.05) is 11.8 Å². The molecular formula is C22H23N3O4S. The predicted molar refractivity (Wildman–Crippen MR) is 118 cm³/mol. The van der Waals surface area contributed by atoms with Crippen molar-refractivity contribution in [3.05, 3.63) is 65.9 Å². The molecule has 1 atom stereocenters. The topological polar surface area (TPSA) is 93.5 Å². The molecule has 0 saturated heterocycles. The van der Waals surface area contributed by atoms with E-state index in [1.807, 2.05) is 31.2 Å². The van der Waals surface area contributed by atoms with Crippen molar-refractivity contribution in [2.45, 2.75) is 26.0 Å². The van der Waals surface area contributed by atoms with Gasteiger partial charge in [0.2, 0.25) is 11.8 Å². The molecule has 30 heavy (non-hydrogen) atoms. The summed E-state index contributed by atoms with van der Waals surface area (Å²) >= 11 is 1.24. The molecule has 2 aromatic carbocycles. The minimum absolute atomic E-state index is 0.147. The number of aromatic nitrogens is 1. The molecule has 2 amide bonds. The van der Waals surface area contributed by atoms with E-state index in [4.69, 9.17) is 9.26 Å². The number of carbonyl (C=O) groups is 2.